The Morgan fingerprint density at radius 1 is 1.09 bits per heavy atom. The Morgan fingerprint density at radius 2 is 1.77 bits per heavy atom. The first kappa shape index (κ1) is 16.7. The van der Waals surface area contributed by atoms with Gasteiger partial charge >= 0.3 is 0 Å². The fourth-order valence-corrected chi connectivity index (χ4v) is 3.13. The van der Waals surface area contributed by atoms with Gasteiger partial charge in [0.1, 0.15) is 11.4 Å². The van der Waals surface area contributed by atoms with E-state index in [9.17, 15) is 0 Å². The third-order valence-corrected chi connectivity index (χ3v) is 4.83. The van der Waals surface area contributed by atoms with Gasteiger partial charge < -0.3 is 0 Å². The first-order chi connectivity index (χ1) is 10.5. The fourth-order valence-electron chi connectivity index (χ4n) is 2.94. The minimum atomic E-state index is -0.0881. The maximum Gasteiger partial charge on any atom is 0.104 e. The van der Waals surface area contributed by atoms with Gasteiger partial charge in [-0.25, -0.2) is 0 Å². The van der Waals surface area contributed by atoms with E-state index >= 15 is 0 Å². The smallest absolute Gasteiger partial charge is 0.104 e. The van der Waals surface area contributed by atoms with Gasteiger partial charge in [-0.15, -0.1) is 0 Å². The second kappa shape index (κ2) is 6.60. The second-order valence-electron chi connectivity index (χ2n) is 5.76. The molecule has 112 valence electrons. The first-order valence-corrected chi connectivity index (χ1v) is 7.93. The minimum absolute atomic E-state index is 0.0881. The predicted molar refractivity (Wildman–Crippen MR) is 100 cm³/mol. The Labute approximate surface area is 142 Å². The summed E-state index contributed by atoms with van der Waals surface area (Å²) in [5, 5.41) is 4.87. The molecule has 2 nitrogen and oxygen atoms in total. The molecule has 1 aliphatic rings. The highest BCUT2D eigenvalue weighted by Crippen LogP contribution is 2.44. The number of allylic oxidation sites excluding steroid dienone is 4. The SMILES string of the molecule is Cc1c(C2(C)C=CC=CC2C)cc(N=C=S)c(N=C=S)c1C. The predicted octanol–water partition coefficient (Wildman–Crippen LogP) is 5.79. The number of hydrogen-bond acceptors (Lipinski definition) is 4. The summed E-state index contributed by atoms with van der Waals surface area (Å²) in [6.45, 7) is 8.61. The first-order valence-electron chi connectivity index (χ1n) is 7.12. The molecule has 0 fully saturated rings. The third-order valence-electron chi connectivity index (χ3n) is 4.65. The van der Waals surface area contributed by atoms with Gasteiger partial charge in [0.05, 0.1) is 10.3 Å². The standard InChI is InChI=1S/C18H18N2S2/c1-12-7-5-6-8-18(12,4)15-9-16(19-10-21)17(20-11-22)14(3)13(15)2/h5-9,12H,1-4H3. The lowest BCUT2D eigenvalue weighted by Crippen LogP contribution is -2.29. The molecule has 0 saturated carbocycles. The molecular weight excluding hydrogens is 308 g/mol. The molecule has 0 saturated heterocycles. The maximum atomic E-state index is 4.77. The van der Waals surface area contributed by atoms with Crippen molar-refractivity contribution >= 4 is 46.1 Å². The van der Waals surface area contributed by atoms with E-state index in [1.165, 1.54) is 11.1 Å². The van der Waals surface area contributed by atoms with Crippen LogP contribution < -0.4 is 0 Å². The topological polar surface area (TPSA) is 24.7 Å². The van der Waals surface area contributed by atoms with Gasteiger partial charge in [-0.1, -0.05) is 38.2 Å². The maximum absolute atomic E-state index is 4.77. The lowest BCUT2D eigenvalue weighted by molar-refractivity contribution is 0.455. The molecule has 1 aromatic carbocycles. The van der Waals surface area contributed by atoms with Crippen molar-refractivity contribution in [2.24, 2.45) is 15.9 Å². The van der Waals surface area contributed by atoms with Crippen molar-refractivity contribution in [1.29, 1.82) is 0 Å². The number of hydrogen-bond donors (Lipinski definition) is 0. The number of isothiocyanates is 2. The fraction of sp³-hybridized carbons (Fsp3) is 0.333. The van der Waals surface area contributed by atoms with Crippen LogP contribution in [-0.2, 0) is 5.41 Å². The van der Waals surface area contributed by atoms with E-state index in [-0.39, 0.29) is 5.41 Å². The van der Waals surface area contributed by atoms with E-state index in [1.54, 1.807) is 0 Å². The Morgan fingerprint density at radius 3 is 2.36 bits per heavy atom. The van der Waals surface area contributed by atoms with Gasteiger partial charge in [0.25, 0.3) is 0 Å². The largest absolute Gasteiger partial charge is 0.192 e. The number of thiocarbonyl (C=S) groups is 2. The van der Waals surface area contributed by atoms with Gasteiger partial charge in [-0.2, -0.15) is 9.98 Å². The van der Waals surface area contributed by atoms with Crippen LogP contribution in [0.2, 0.25) is 0 Å². The zero-order chi connectivity index (χ0) is 16.3. The monoisotopic (exact) mass is 326 g/mol. The lowest BCUT2D eigenvalue weighted by Gasteiger charge is -2.35. The summed E-state index contributed by atoms with van der Waals surface area (Å²) >= 11 is 9.53. The van der Waals surface area contributed by atoms with Crippen LogP contribution in [0.25, 0.3) is 0 Å². The van der Waals surface area contributed by atoms with Crippen molar-refractivity contribution < 1.29 is 0 Å². The van der Waals surface area contributed by atoms with Crippen molar-refractivity contribution in [3.05, 3.63) is 47.1 Å². The molecule has 0 spiro atoms. The molecule has 0 N–H and O–H groups in total. The molecule has 0 amide bonds. The zero-order valence-corrected chi connectivity index (χ0v) is 14.8. The van der Waals surface area contributed by atoms with Crippen LogP contribution in [0, 0.1) is 19.8 Å². The van der Waals surface area contributed by atoms with Crippen LogP contribution in [0.4, 0.5) is 11.4 Å². The number of rotatable bonds is 3. The van der Waals surface area contributed by atoms with E-state index in [2.05, 4.69) is 65.4 Å². The molecule has 2 atom stereocenters. The number of aliphatic imine (C=N–C) groups is 2. The van der Waals surface area contributed by atoms with Crippen molar-refractivity contribution in [1.82, 2.24) is 0 Å². The van der Waals surface area contributed by atoms with E-state index in [1.807, 2.05) is 13.0 Å². The van der Waals surface area contributed by atoms with Crippen molar-refractivity contribution in [3.63, 3.8) is 0 Å². The summed E-state index contributed by atoms with van der Waals surface area (Å²) in [4.78, 5) is 8.35. The Balaban J connectivity index is 2.78. The van der Waals surface area contributed by atoms with Gasteiger partial charge in [0.2, 0.25) is 0 Å². The molecule has 22 heavy (non-hydrogen) atoms. The highest BCUT2D eigenvalue weighted by molar-refractivity contribution is 7.78. The van der Waals surface area contributed by atoms with Crippen molar-refractivity contribution in [2.75, 3.05) is 0 Å². The van der Waals surface area contributed by atoms with E-state index in [0.717, 1.165) is 11.3 Å². The molecule has 0 aliphatic heterocycles. The van der Waals surface area contributed by atoms with Gasteiger partial charge in [-0.3, -0.25) is 0 Å². The molecule has 2 unspecified atom stereocenters. The van der Waals surface area contributed by atoms with Crippen LogP contribution in [0.5, 0.6) is 0 Å². The molecule has 1 aromatic rings. The zero-order valence-electron chi connectivity index (χ0n) is 13.2. The van der Waals surface area contributed by atoms with Crippen LogP contribution in [0.1, 0.15) is 30.5 Å². The van der Waals surface area contributed by atoms with E-state index < -0.39 is 0 Å². The quantitative estimate of drug-likeness (QED) is 0.518. The van der Waals surface area contributed by atoms with Crippen LogP contribution in [0.15, 0.2) is 40.4 Å². The molecular formula is C18H18N2S2. The van der Waals surface area contributed by atoms with Crippen LogP contribution in [0.3, 0.4) is 0 Å². The van der Waals surface area contributed by atoms with Crippen molar-refractivity contribution in [2.45, 2.75) is 33.1 Å². The molecule has 0 bridgehead atoms. The average molecular weight is 326 g/mol. The van der Waals surface area contributed by atoms with Gasteiger partial charge in [-0.05, 0) is 67.0 Å². The Hall–Kier alpha value is -1.70. The summed E-state index contributed by atoms with van der Waals surface area (Å²) in [7, 11) is 0. The number of benzene rings is 1. The highest BCUT2D eigenvalue weighted by Gasteiger charge is 2.33. The second-order valence-corrected chi connectivity index (χ2v) is 6.13. The third kappa shape index (κ3) is 2.79. The van der Waals surface area contributed by atoms with Crippen molar-refractivity contribution in [3.8, 4) is 0 Å². The molecule has 1 aliphatic carbocycles. The summed E-state index contributed by atoms with van der Waals surface area (Å²) in [6, 6.07) is 2.05. The van der Waals surface area contributed by atoms with Gasteiger partial charge in [0.15, 0.2) is 0 Å². The molecule has 2 rings (SSSR count). The van der Waals surface area contributed by atoms with Crippen LogP contribution in [-0.4, -0.2) is 10.3 Å². The summed E-state index contributed by atoms with van der Waals surface area (Å²) in [5.74, 6) is 0.389. The molecule has 4 heteroatoms. The minimum Gasteiger partial charge on any atom is -0.192 e. The summed E-state index contributed by atoms with van der Waals surface area (Å²) < 4.78 is 0. The summed E-state index contributed by atoms with van der Waals surface area (Å²) in [5.41, 5.74) is 4.80. The molecule has 0 heterocycles. The van der Waals surface area contributed by atoms with Crippen LogP contribution >= 0.6 is 24.4 Å². The molecule has 0 aromatic heterocycles. The summed E-state index contributed by atoms with van der Waals surface area (Å²) in [6.07, 6.45) is 8.65. The normalized spacial score (nSPS) is 22.8. The van der Waals surface area contributed by atoms with Gasteiger partial charge in [0, 0.05) is 5.41 Å². The van der Waals surface area contributed by atoms with E-state index in [0.29, 0.717) is 11.6 Å². The number of nitrogens with zero attached hydrogens (tertiary/aromatic N) is 2. The highest BCUT2D eigenvalue weighted by atomic mass is 32.1. The average Bonchev–Trinajstić information content (AvgIpc) is 2.50. The van der Waals surface area contributed by atoms with E-state index in [4.69, 9.17) is 24.4 Å². The Kier molecular flexibility index (Phi) is 5.00. The Bertz CT molecular complexity index is 764. The lowest BCUT2D eigenvalue weighted by atomic mass is 9.68. The molecule has 0 radical (unpaired) electrons.